The van der Waals surface area contributed by atoms with E-state index in [9.17, 15) is 4.79 Å². The van der Waals surface area contributed by atoms with Gasteiger partial charge in [0.1, 0.15) is 6.54 Å². The highest BCUT2D eigenvalue weighted by Gasteiger charge is 2.10. The first kappa shape index (κ1) is 17.6. The number of tetrazole rings is 1. The molecule has 1 amide bonds. The number of rotatable bonds is 6. The number of nitrogens with one attached hydrogen (secondary N) is 1. The Bertz CT molecular complexity index is 868. The van der Waals surface area contributed by atoms with E-state index >= 15 is 0 Å². The zero-order chi connectivity index (χ0) is 18.5. The molecule has 26 heavy (non-hydrogen) atoms. The number of hydrogen-bond acceptors (Lipinski definition) is 5. The van der Waals surface area contributed by atoms with Gasteiger partial charge in [0.15, 0.2) is 0 Å². The van der Waals surface area contributed by atoms with E-state index < -0.39 is 0 Å². The van der Waals surface area contributed by atoms with Gasteiger partial charge >= 0.3 is 0 Å². The summed E-state index contributed by atoms with van der Waals surface area (Å²) >= 11 is 0. The smallest absolute Gasteiger partial charge is 0.248 e. The Morgan fingerprint density at radius 1 is 1.08 bits per heavy atom. The fraction of sp³-hybridized carbons (Fsp3) is 0.263. The van der Waals surface area contributed by atoms with Crippen molar-refractivity contribution in [1.82, 2.24) is 20.2 Å². The molecule has 0 saturated heterocycles. The van der Waals surface area contributed by atoms with Gasteiger partial charge in [-0.3, -0.25) is 4.79 Å². The average Bonchev–Trinajstić information content (AvgIpc) is 3.10. The van der Waals surface area contributed by atoms with Crippen LogP contribution in [-0.2, 0) is 17.8 Å². The molecule has 1 N–H and O–H groups in total. The molecule has 7 heteroatoms. The second-order valence-corrected chi connectivity index (χ2v) is 6.18. The number of hydrogen-bond donors (Lipinski definition) is 1. The van der Waals surface area contributed by atoms with Crippen molar-refractivity contribution in [1.29, 1.82) is 0 Å². The number of carbonyl (C=O) groups is 1. The van der Waals surface area contributed by atoms with E-state index in [1.54, 1.807) is 0 Å². The summed E-state index contributed by atoms with van der Waals surface area (Å²) in [7, 11) is 3.97. The first-order valence-corrected chi connectivity index (χ1v) is 8.49. The van der Waals surface area contributed by atoms with E-state index in [4.69, 9.17) is 0 Å². The van der Waals surface area contributed by atoms with Gasteiger partial charge in [0.2, 0.25) is 11.7 Å². The van der Waals surface area contributed by atoms with Crippen molar-refractivity contribution in [2.24, 2.45) is 0 Å². The molecule has 3 rings (SSSR count). The minimum Gasteiger partial charge on any atom is -0.378 e. The quantitative estimate of drug-likeness (QED) is 0.739. The Kier molecular flexibility index (Phi) is 5.26. The lowest BCUT2D eigenvalue weighted by atomic mass is 10.1. The molecule has 0 unspecified atom stereocenters. The van der Waals surface area contributed by atoms with E-state index in [2.05, 4.69) is 27.7 Å². The van der Waals surface area contributed by atoms with Crippen molar-refractivity contribution in [3.63, 3.8) is 0 Å². The number of nitrogens with zero attached hydrogens (tertiary/aromatic N) is 5. The molecule has 0 spiro atoms. The second-order valence-electron chi connectivity index (χ2n) is 6.18. The highest BCUT2D eigenvalue weighted by Crippen LogP contribution is 2.18. The molecule has 0 fully saturated rings. The number of carbonyl (C=O) groups excluding carboxylic acids is 1. The zero-order valence-electron chi connectivity index (χ0n) is 15.2. The van der Waals surface area contributed by atoms with Crippen molar-refractivity contribution in [3.8, 4) is 11.4 Å². The molecule has 1 aromatic heterocycles. The molecule has 134 valence electrons. The van der Waals surface area contributed by atoms with Gasteiger partial charge < -0.3 is 10.2 Å². The maximum absolute atomic E-state index is 12.2. The highest BCUT2D eigenvalue weighted by molar-refractivity contribution is 5.90. The van der Waals surface area contributed by atoms with Crippen molar-refractivity contribution >= 4 is 17.3 Å². The van der Waals surface area contributed by atoms with Crippen LogP contribution in [0.2, 0.25) is 0 Å². The molecule has 1 heterocycles. The Hall–Kier alpha value is -3.22. The molecule has 0 radical (unpaired) electrons. The normalized spacial score (nSPS) is 10.6. The van der Waals surface area contributed by atoms with E-state index in [-0.39, 0.29) is 12.5 Å². The molecule has 7 nitrogen and oxygen atoms in total. The molecular weight excluding hydrogens is 328 g/mol. The molecule has 0 aliphatic heterocycles. The molecule has 3 aromatic rings. The van der Waals surface area contributed by atoms with Crippen LogP contribution in [0.3, 0.4) is 0 Å². The van der Waals surface area contributed by atoms with Crippen molar-refractivity contribution in [3.05, 3.63) is 54.1 Å². The van der Waals surface area contributed by atoms with Crippen LogP contribution >= 0.6 is 0 Å². The number of anilines is 2. The monoisotopic (exact) mass is 350 g/mol. The predicted octanol–water partition coefficient (Wildman–Crippen LogP) is 2.61. The standard InChI is InChI=1S/C19H22N6O/c1-4-14-5-9-16(10-6-14)20-18(26)13-25-22-19(21-23-25)15-7-11-17(12-8-15)24(2)3/h5-12H,4,13H2,1-3H3,(H,20,26). The number of aromatic nitrogens is 4. The third-order valence-corrected chi connectivity index (χ3v) is 4.03. The zero-order valence-corrected chi connectivity index (χ0v) is 15.2. The van der Waals surface area contributed by atoms with Crippen molar-refractivity contribution in [2.45, 2.75) is 19.9 Å². The van der Waals surface area contributed by atoms with Crippen LogP contribution in [-0.4, -0.2) is 40.2 Å². The number of aryl methyl sites for hydroxylation is 1. The van der Waals surface area contributed by atoms with Gasteiger partial charge in [-0.1, -0.05) is 19.1 Å². The topological polar surface area (TPSA) is 75.9 Å². The lowest BCUT2D eigenvalue weighted by Crippen LogP contribution is -2.20. The molecule has 2 aromatic carbocycles. The maximum Gasteiger partial charge on any atom is 0.248 e. The first-order valence-electron chi connectivity index (χ1n) is 8.49. The van der Waals surface area contributed by atoms with Crippen LogP contribution in [0.5, 0.6) is 0 Å². The minimum atomic E-state index is -0.193. The lowest BCUT2D eigenvalue weighted by Gasteiger charge is -2.11. The van der Waals surface area contributed by atoms with Crippen molar-refractivity contribution < 1.29 is 4.79 Å². The molecule has 0 bridgehead atoms. The van der Waals surface area contributed by atoms with Gasteiger partial charge in [-0.15, -0.1) is 10.2 Å². The predicted molar refractivity (Wildman–Crippen MR) is 102 cm³/mol. The number of benzene rings is 2. The van der Waals surface area contributed by atoms with E-state index in [1.807, 2.05) is 67.5 Å². The second kappa shape index (κ2) is 7.77. The summed E-state index contributed by atoms with van der Waals surface area (Å²) in [6, 6.07) is 15.6. The summed E-state index contributed by atoms with van der Waals surface area (Å²) in [6.45, 7) is 2.11. The van der Waals surface area contributed by atoms with Gasteiger partial charge in [0.25, 0.3) is 0 Å². The Labute approximate surface area is 152 Å². The summed E-state index contributed by atoms with van der Waals surface area (Å²) in [6.07, 6.45) is 0.968. The van der Waals surface area contributed by atoms with Gasteiger partial charge in [-0.25, -0.2) is 0 Å². The van der Waals surface area contributed by atoms with Crippen LogP contribution in [0.15, 0.2) is 48.5 Å². The SMILES string of the molecule is CCc1ccc(NC(=O)Cn2nnc(-c3ccc(N(C)C)cc3)n2)cc1. The fourth-order valence-corrected chi connectivity index (χ4v) is 2.49. The molecular formula is C19H22N6O. The third-order valence-electron chi connectivity index (χ3n) is 4.03. The summed E-state index contributed by atoms with van der Waals surface area (Å²) in [5.41, 5.74) is 3.93. The third kappa shape index (κ3) is 4.24. The van der Waals surface area contributed by atoms with Gasteiger partial charge in [-0.05, 0) is 53.6 Å². The van der Waals surface area contributed by atoms with Gasteiger partial charge in [0.05, 0.1) is 0 Å². The molecule has 0 aliphatic carbocycles. The Morgan fingerprint density at radius 2 is 1.77 bits per heavy atom. The fourth-order valence-electron chi connectivity index (χ4n) is 2.49. The highest BCUT2D eigenvalue weighted by atomic mass is 16.2. The van der Waals surface area contributed by atoms with Crippen LogP contribution in [0.1, 0.15) is 12.5 Å². The summed E-state index contributed by atoms with van der Waals surface area (Å²) in [4.78, 5) is 15.5. The van der Waals surface area contributed by atoms with E-state index in [1.165, 1.54) is 10.4 Å². The van der Waals surface area contributed by atoms with Gasteiger partial charge in [0, 0.05) is 31.0 Å². The Morgan fingerprint density at radius 3 is 2.38 bits per heavy atom. The van der Waals surface area contributed by atoms with E-state index in [0.29, 0.717) is 5.82 Å². The number of amides is 1. The summed E-state index contributed by atoms with van der Waals surface area (Å²) in [5, 5.41) is 15.1. The largest absolute Gasteiger partial charge is 0.378 e. The lowest BCUT2D eigenvalue weighted by molar-refractivity contribution is -0.117. The van der Waals surface area contributed by atoms with Crippen LogP contribution in [0, 0.1) is 0 Å². The van der Waals surface area contributed by atoms with E-state index in [0.717, 1.165) is 23.4 Å². The van der Waals surface area contributed by atoms with Crippen LogP contribution in [0.25, 0.3) is 11.4 Å². The molecule has 0 aliphatic rings. The minimum absolute atomic E-state index is 0.0122. The molecule has 0 atom stereocenters. The van der Waals surface area contributed by atoms with Crippen LogP contribution < -0.4 is 10.2 Å². The Balaban J connectivity index is 1.62. The van der Waals surface area contributed by atoms with Crippen molar-refractivity contribution in [2.75, 3.05) is 24.3 Å². The molecule has 0 saturated carbocycles. The summed E-state index contributed by atoms with van der Waals surface area (Å²) in [5.74, 6) is 0.302. The van der Waals surface area contributed by atoms with Crippen LogP contribution in [0.4, 0.5) is 11.4 Å². The summed E-state index contributed by atoms with van der Waals surface area (Å²) < 4.78 is 0. The van der Waals surface area contributed by atoms with Gasteiger partial charge in [-0.2, -0.15) is 4.80 Å². The average molecular weight is 350 g/mol. The first-order chi connectivity index (χ1) is 12.5. The maximum atomic E-state index is 12.2.